The van der Waals surface area contributed by atoms with Gasteiger partial charge in [0.05, 0.1) is 0 Å². The van der Waals surface area contributed by atoms with E-state index in [1.165, 1.54) is 0 Å². The number of hydrogen-bond donors (Lipinski definition) is 2. The Kier molecular flexibility index (Phi) is 4.71. The molecule has 0 spiro atoms. The minimum Gasteiger partial charge on any atom is -0.480 e. The Bertz CT molecular complexity index is 444. The van der Waals surface area contributed by atoms with E-state index in [0.717, 1.165) is 5.69 Å². The summed E-state index contributed by atoms with van der Waals surface area (Å²) in [6.07, 6.45) is 0.356. The van der Waals surface area contributed by atoms with Crippen molar-refractivity contribution in [3.8, 4) is 0 Å². The number of nitrogens with one attached hydrogen (secondary N) is 1. The lowest BCUT2D eigenvalue weighted by atomic mass is 10.1. The highest BCUT2D eigenvalue weighted by Crippen LogP contribution is 2.13. The molecule has 0 unspecified atom stereocenters. The van der Waals surface area contributed by atoms with E-state index in [9.17, 15) is 9.59 Å². The molecule has 0 aliphatic carbocycles. The van der Waals surface area contributed by atoms with Crippen molar-refractivity contribution in [1.29, 1.82) is 0 Å². The predicted molar refractivity (Wildman–Crippen MR) is 70.0 cm³/mol. The Morgan fingerprint density at radius 1 is 1.39 bits per heavy atom. The van der Waals surface area contributed by atoms with Crippen LogP contribution in [0.15, 0.2) is 24.3 Å². The van der Waals surface area contributed by atoms with Crippen molar-refractivity contribution in [2.24, 2.45) is 0 Å². The minimum absolute atomic E-state index is 0.356. The third-order valence-corrected chi connectivity index (χ3v) is 2.64. The van der Waals surface area contributed by atoms with E-state index in [2.05, 4.69) is 5.32 Å². The Labute approximate surface area is 106 Å². The number of hydrogen-bond acceptors (Lipinski definition) is 3. The Hall–Kier alpha value is -2.04. The summed E-state index contributed by atoms with van der Waals surface area (Å²) in [5, 5.41) is 11.4. The van der Waals surface area contributed by atoms with E-state index in [0.29, 0.717) is 12.0 Å². The fourth-order valence-electron chi connectivity index (χ4n) is 1.51. The number of carboxylic acids is 1. The molecule has 1 amide bonds. The molecule has 1 aromatic carbocycles. The van der Waals surface area contributed by atoms with Crippen LogP contribution in [-0.4, -0.2) is 37.1 Å². The summed E-state index contributed by atoms with van der Waals surface area (Å²) in [5.41, 5.74) is 1.35. The van der Waals surface area contributed by atoms with Crippen LogP contribution in [0.25, 0.3) is 0 Å². The van der Waals surface area contributed by atoms with Crippen LogP contribution < -0.4 is 10.2 Å². The third-order valence-electron chi connectivity index (χ3n) is 2.64. The lowest BCUT2D eigenvalue weighted by Gasteiger charge is -2.15. The molecule has 0 saturated carbocycles. The SMILES string of the molecule is CC[C@@H](NC(=O)c1cccc(N(C)C)c1)C(=O)O. The maximum atomic E-state index is 11.9. The molecule has 0 heterocycles. The van der Waals surface area contributed by atoms with Gasteiger partial charge in [-0.3, -0.25) is 4.79 Å². The van der Waals surface area contributed by atoms with Crippen molar-refractivity contribution < 1.29 is 14.7 Å². The Balaban J connectivity index is 2.84. The van der Waals surface area contributed by atoms with Crippen LogP contribution >= 0.6 is 0 Å². The van der Waals surface area contributed by atoms with Gasteiger partial charge in [-0.15, -0.1) is 0 Å². The average molecular weight is 250 g/mol. The molecule has 5 nitrogen and oxygen atoms in total. The fraction of sp³-hybridized carbons (Fsp3) is 0.385. The number of carbonyl (C=O) groups excluding carboxylic acids is 1. The number of rotatable bonds is 5. The number of anilines is 1. The molecule has 1 rings (SSSR count). The quantitative estimate of drug-likeness (QED) is 0.827. The van der Waals surface area contributed by atoms with Gasteiger partial charge in [-0.1, -0.05) is 13.0 Å². The molecule has 1 atom stereocenters. The highest BCUT2D eigenvalue weighted by Gasteiger charge is 2.18. The fourth-order valence-corrected chi connectivity index (χ4v) is 1.51. The first-order chi connectivity index (χ1) is 8.45. The maximum absolute atomic E-state index is 11.9. The van der Waals surface area contributed by atoms with Crippen molar-refractivity contribution in [3.05, 3.63) is 29.8 Å². The molecule has 2 N–H and O–H groups in total. The molecule has 18 heavy (non-hydrogen) atoms. The molecule has 0 bridgehead atoms. The molecular formula is C13H18N2O3. The van der Waals surface area contributed by atoms with Gasteiger partial charge in [0.25, 0.3) is 5.91 Å². The Morgan fingerprint density at radius 2 is 2.06 bits per heavy atom. The molecular weight excluding hydrogens is 232 g/mol. The summed E-state index contributed by atoms with van der Waals surface area (Å²) >= 11 is 0. The van der Waals surface area contributed by atoms with Crippen molar-refractivity contribution >= 4 is 17.6 Å². The zero-order valence-electron chi connectivity index (χ0n) is 10.8. The number of carboxylic acid groups (broad SMARTS) is 1. The molecule has 0 aromatic heterocycles. The molecule has 98 valence electrons. The summed E-state index contributed by atoms with van der Waals surface area (Å²) < 4.78 is 0. The molecule has 0 aliphatic heterocycles. The second-order valence-corrected chi connectivity index (χ2v) is 4.22. The van der Waals surface area contributed by atoms with Crippen LogP contribution in [0.2, 0.25) is 0 Å². The number of aliphatic carboxylic acids is 1. The van der Waals surface area contributed by atoms with Crippen molar-refractivity contribution in [2.45, 2.75) is 19.4 Å². The number of benzene rings is 1. The van der Waals surface area contributed by atoms with Crippen LogP contribution in [0, 0.1) is 0 Å². The second kappa shape index (κ2) is 6.05. The summed E-state index contributed by atoms with van der Waals surface area (Å²) in [4.78, 5) is 24.6. The monoisotopic (exact) mass is 250 g/mol. The lowest BCUT2D eigenvalue weighted by molar-refractivity contribution is -0.139. The molecule has 0 saturated heterocycles. The van der Waals surface area contributed by atoms with Gasteiger partial charge in [0.15, 0.2) is 0 Å². The van der Waals surface area contributed by atoms with Crippen LogP contribution in [0.4, 0.5) is 5.69 Å². The van der Waals surface area contributed by atoms with E-state index in [4.69, 9.17) is 5.11 Å². The predicted octanol–water partition coefficient (Wildman–Crippen LogP) is 1.35. The summed E-state index contributed by atoms with van der Waals surface area (Å²) in [6, 6.07) is 6.19. The average Bonchev–Trinajstić information content (AvgIpc) is 2.35. The smallest absolute Gasteiger partial charge is 0.326 e. The molecule has 0 aliphatic rings. The minimum atomic E-state index is -1.02. The van der Waals surface area contributed by atoms with E-state index in [-0.39, 0.29) is 5.91 Å². The topological polar surface area (TPSA) is 69.6 Å². The van der Waals surface area contributed by atoms with Gasteiger partial charge in [0.2, 0.25) is 0 Å². The van der Waals surface area contributed by atoms with Gasteiger partial charge in [-0.05, 0) is 24.6 Å². The van der Waals surface area contributed by atoms with Crippen molar-refractivity contribution in [2.75, 3.05) is 19.0 Å². The van der Waals surface area contributed by atoms with Gasteiger partial charge in [0.1, 0.15) is 6.04 Å². The largest absolute Gasteiger partial charge is 0.480 e. The van der Waals surface area contributed by atoms with Crippen molar-refractivity contribution in [3.63, 3.8) is 0 Å². The van der Waals surface area contributed by atoms with Gasteiger partial charge in [-0.25, -0.2) is 4.79 Å². The summed E-state index contributed by atoms with van der Waals surface area (Å²) in [7, 11) is 3.76. The van der Waals surface area contributed by atoms with Gasteiger partial charge >= 0.3 is 5.97 Å². The normalized spacial score (nSPS) is 11.7. The van der Waals surface area contributed by atoms with Crippen LogP contribution in [-0.2, 0) is 4.79 Å². The zero-order valence-corrected chi connectivity index (χ0v) is 10.8. The number of amides is 1. The standard InChI is InChI=1S/C13H18N2O3/c1-4-11(13(17)18)14-12(16)9-6-5-7-10(8-9)15(2)3/h5-8,11H,4H2,1-3H3,(H,14,16)(H,17,18)/t11-/m1/s1. The highest BCUT2D eigenvalue weighted by molar-refractivity contribution is 5.97. The van der Waals surface area contributed by atoms with Crippen molar-refractivity contribution in [1.82, 2.24) is 5.32 Å². The summed E-state index contributed by atoms with van der Waals surface area (Å²) in [5.74, 6) is -1.39. The number of nitrogens with zero attached hydrogens (tertiary/aromatic N) is 1. The van der Waals surface area contributed by atoms with E-state index in [1.54, 1.807) is 25.1 Å². The van der Waals surface area contributed by atoms with Gasteiger partial charge < -0.3 is 15.3 Å². The Morgan fingerprint density at radius 3 is 2.56 bits per heavy atom. The maximum Gasteiger partial charge on any atom is 0.326 e. The van der Waals surface area contributed by atoms with Gasteiger partial charge in [-0.2, -0.15) is 0 Å². The first-order valence-corrected chi connectivity index (χ1v) is 5.76. The van der Waals surface area contributed by atoms with Gasteiger partial charge in [0, 0.05) is 25.3 Å². The van der Waals surface area contributed by atoms with E-state index in [1.807, 2.05) is 25.1 Å². The summed E-state index contributed by atoms with van der Waals surface area (Å²) in [6.45, 7) is 1.72. The van der Waals surface area contributed by atoms with Crippen LogP contribution in [0.1, 0.15) is 23.7 Å². The van der Waals surface area contributed by atoms with Crippen LogP contribution in [0.3, 0.4) is 0 Å². The second-order valence-electron chi connectivity index (χ2n) is 4.22. The molecule has 0 fully saturated rings. The van der Waals surface area contributed by atoms with E-state index >= 15 is 0 Å². The molecule has 0 radical (unpaired) electrons. The first-order valence-electron chi connectivity index (χ1n) is 5.76. The first kappa shape index (κ1) is 14.0. The molecule has 1 aromatic rings. The lowest BCUT2D eigenvalue weighted by Crippen LogP contribution is -2.40. The number of carbonyl (C=O) groups is 2. The van der Waals surface area contributed by atoms with Crippen LogP contribution in [0.5, 0.6) is 0 Å². The zero-order chi connectivity index (χ0) is 13.7. The third kappa shape index (κ3) is 3.48. The molecule has 5 heteroatoms. The highest BCUT2D eigenvalue weighted by atomic mass is 16.4. The van der Waals surface area contributed by atoms with E-state index < -0.39 is 12.0 Å².